The summed E-state index contributed by atoms with van der Waals surface area (Å²) < 4.78 is 0. The average Bonchev–Trinajstić information content (AvgIpc) is 2.78. The quantitative estimate of drug-likeness (QED) is 0.895. The number of carbonyl (C=O) groups excluding carboxylic acids is 1. The summed E-state index contributed by atoms with van der Waals surface area (Å²) in [5, 5.41) is 12.4. The third kappa shape index (κ3) is 3.93. The number of aryl methyl sites for hydroxylation is 2. The highest BCUT2D eigenvalue weighted by Crippen LogP contribution is 2.25. The predicted octanol–water partition coefficient (Wildman–Crippen LogP) is 2.88. The Morgan fingerprint density at radius 1 is 1.48 bits per heavy atom. The van der Waals surface area contributed by atoms with Gasteiger partial charge in [0.1, 0.15) is 0 Å². The molecule has 1 saturated heterocycles. The standard InChI is InChI=1S/C14H21N3O3S/c1-3-11-9(2)21-13(15-11)16-14(20)17-7-5-4-6-10(17)8-12(18)19/h10H,3-8H2,1-2H3,(H,18,19)(H,15,16,20). The van der Waals surface area contributed by atoms with Gasteiger partial charge in [0.05, 0.1) is 12.1 Å². The van der Waals surface area contributed by atoms with Crippen LogP contribution >= 0.6 is 11.3 Å². The summed E-state index contributed by atoms with van der Waals surface area (Å²) in [4.78, 5) is 30.4. The number of nitrogens with zero attached hydrogens (tertiary/aromatic N) is 2. The lowest BCUT2D eigenvalue weighted by Crippen LogP contribution is -2.46. The Kier molecular flexibility index (Phi) is 5.17. The molecule has 2 heterocycles. The summed E-state index contributed by atoms with van der Waals surface area (Å²) in [7, 11) is 0. The molecule has 0 radical (unpaired) electrons. The predicted molar refractivity (Wildman–Crippen MR) is 81.8 cm³/mol. The lowest BCUT2D eigenvalue weighted by molar-refractivity contribution is -0.138. The van der Waals surface area contributed by atoms with Gasteiger partial charge in [-0.25, -0.2) is 9.78 Å². The highest BCUT2D eigenvalue weighted by molar-refractivity contribution is 7.15. The number of aromatic nitrogens is 1. The van der Waals surface area contributed by atoms with Crippen LogP contribution in [0.1, 0.15) is 43.2 Å². The summed E-state index contributed by atoms with van der Waals surface area (Å²) >= 11 is 1.46. The molecule has 1 aliphatic rings. The maximum absolute atomic E-state index is 12.4. The zero-order chi connectivity index (χ0) is 15.4. The molecule has 0 aromatic carbocycles. The second-order valence-corrected chi connectivity index (χ2v) is 6.45. The Morgan fingerprint density at radius 3 is 2.86 bits per heavy atom. The van der Waals surface area contributed by atoms with Crippen molar-refractivity contribution in [1.82, 2.24) is 9.88 Å². The van der Waals surface area contributed by atoms with Crippen LogP contribution in [0.15, 0.2) is 0 Å². The molecule has 1 fully saturated rings. The second kappa shape index (κ2) is 6.89. The first-order valence-electron chi connectivity index (χ1n) is 7.27. The number of piperidine rings is 1. The highest BCUT2D eigenvalue weighted by Gasteiger charge is 2.29. The van der Waals surface area contributed by atoms with E-state index < -0.39 is 5.97 Å². The van der Waals surface area contributed by atoms with Gasteiger partial charge in [0.25, 0.3) is 0 Å². The number of amides is 2. The number of thiazole rings is 1. The molecule has 1 aliphatic heterocycles. The van der Waals surface area contributed by atoms with Crippen molar-refractivity contribution >= 4 is 28.5 Å². The minimum absolute atomic E-state index is 0.00449. The Hall–Kier alpha value is -1.63. The number of anilines is 1. The van der Waals surface area contributed by atoms with E-state index in [1.165, 1.54) is 11.3 Å². The number of nitrogens with one attached hydrogen (secondary N) is 1. The van der Waals surface area contributed by atoms with E-state index in [4.69, 9.17) is 5.11 Å². The molecule has 2 N–H and O–H groups in total. The molecule has 1 aromatic rings. The van der Waals surface area contributed by atoms with E-state index in [1.54, 1.807) is 4.90 Å². The maximum atomic E-state index is 12.4. The van der Waals surface area contributed by atoms with E-state index >= 15 is 0 Å². The molecule has 7 heteroatoms. The van der Waals surface area contributed by atoms with Crippen LogP contribution in [-0.2, 0) is 11.2 Å². The first-order chi connectivity index (χ1) is 10.0. The van der Waals surface area contributed by atoms with E-state index in [2.05, 4.69) is 10.3 Å². The van der Waals surface area contributed by atoms with E-state index in [1.807, 2.05) is 13.8 Å². The monoisotopic (exact) mass is 311 g/mol. The fraction of sp³-hybridized carbons (Fsp3) is 0.643. The maximum Gasteiger partial charge on any atom is 0.323 e. The van der Waals surface area contributed by atoms with Crippen molar-refractivity contribution in [2.45, 2.75) is 52.0 Å². The van der Waals surface area contributed by atoms with E-state index in [0.717, 1.165) is 36.3 Å². The summed E-state index contributed by atoms with van der Waals surface area (Å²) in [6.45, 7) is 4.62. The number of carboxylic acids is 1. The van der Waals surface area contributed by atoms with Crippen molar-refractivity contribution in [3.63, 3.8) is 0 Å². The topological polar surface area (TPSA) is 82.5 Å². The number of hydrogen-bond donors (Lipinski definition) is 2. The molecule has 0 bridgehead atoms. The summed E-state index contributed by atoms with van der Waals surface area (Å²) in [5.74, 6) is -0.863. The highest BCUT2D eigenvalue weighted by atomic mass is 32.1. The smallest absolute Gasteiger partial charge is 0.323 e. The fourth-order valence-electron chi connectivity index (χ4n) is 2.65. The van der Waals surface area contributed by atoms with Gasteiger partial charge in [0, 0.05) is 17.5 Å². The van der Waals surface area contributed by atoms with Crippen LogP contribution in [0.5, 0.6) is 0 Å². The molecular weight excluding hydrogens is 290 g/mol. The Balaban J connectivity index is 2.04. The van der Waals surface area contributed by atoms with Gasteiger partial charge < -0.3 is 10.0 Å². The minimum Gasteiger partial charge on any atom is -0.481 e. The number of aliphatic carboxylic acids is 1. The van der Waals surface area contributed by atoms with Crippen LogP contribution in [0.25, 0.3) is 0 Å². The molecule has 0 aliphatic carbocycles. The second-order valence-electron chi connectivity index (χ2n) is 5.25. The number of carbonyl (C=O) groups is 2. The lowest BCUT2D eigenvalue weighted by atomic mass is 10.00. The lowest BCUT2D eigenvalue weighted by Gasteiger charge is -2.34. The number of urea groups is 1. The van der Waals surface area contributed by atoms with Crippen LogP contribution in [0.4, 0.5) is 9.93 Å². The van der Waals surface area contributed by atoms with E-state index in [0.29, 0.717) is 11.7 Å². The van der Waals surface area contributed by atoms with Crippen LogP contribution in [-0.4, -0.2) is 39.6 Å². The van der Waals surface area contributed by atoms with E-state index in [-0.39, 0.29) is 18.5 Å². The molecule has 1 atom stereocenters. The first-order valence-corrected chi connectivity index (χ1v) is 8.08. The molecular formula is C14H21N3O3S. The van der Waals surface area contributed by atoms with E-state index in [9.17, 15) is 9.59 Å². The number of rotatable bonds is 4. The molecule has 2 amide bonds. The number of likely N-dealkylation sites (tertiary alicyclic amines) is 1. The van der Waals surface area contributed by atoms with Crippen molar-refractivity contribution in [1.29, 1.82) is 0 Å². The van der Waals surface area contributed by atoms with Crippen molar-refractivity contribution < 1.29 is 14.7 Å². The molecule has 1 aromatic heterocycles. The number of hydrogen-bond acceptors (Lipinski definition) is 4. The van der Waals surface area contributed by atoms with Gasteiger partial charge in [-0.15, -0.1) is 11.3 Å². The third-order valence-electron chi connectivity index (χ3n) is 3.74. The number of carboxylic acid groups (broad SMARTS) is 1. The van der Waals surface area contributed by atoms with Crippen molar-refractivity contribution in [3.05, 3.63) is 10.6 Å². The van der Waals surface area contributed by atoms with Gasteiger partial charge in [0.2, 0.25) is 0 Å². The SMILES string of the molecule is CCc1nc(NC(=O)N2CCCCC2CC(=O)O)sc1C. The Bertz CT molecular complexity index is 530. The van der Waals surface area contributed by atoms with Crippen molar-refractivity contribution in [2.75, 3.05) is 11.9 Å². The van der Waals surface area contributed by atoms with Crippen molar-refractivity contribution in [3.8, 4) is 0 Å². The zero-order valence-corrected chi connectivity index (χ0v) is 13.2. The molecule has 6 nitrogen and oxygen atoms in total. The van der Waals surface area contributed by atoms with Gasteiger partial charge in [-0.3, -0.25) is 10.1 Å². The summed E-state index contributed by atoms with van der Waals surface area (Å²) in [5.41, 5.74) is 0.996. The van der Waals surface area contributed by atoms with Gasteiger partial charge >= 0.3 is 12.0 Å². The summed E-state index contributed by atoms with van der Waals surface area (Å²) in [6, 6.07) is -0.458. The van der Waals surface area contributed by atoms with Gasteiger partial charge in [-0.05, 0) is 32.6 Å². The molecule has 0 spiro atoms. The van der Waals surface area contributed by atoms with Crippen molar-refractivity contribution in [2.24, 2.45) is 0 Å². The van der Waals surface area contributed by atoms with Gasteiger partial charge in [0.15, 0.2) is 5.13 Å². The molecule has 2 rings (SSSR count). The molecule has 1 unspecified atom stereocenters. The minimum atomic E-state index is -0.863. The normalized spacial score (nSPS) is 18.6. The molecule has 116 valence electrons. The third-order valence-corrected chi connectivity index (χ3v) is 4.67. The zero-order valence-electron chi connectivity index (χ0n) is 12.4. The van der Waals surface area contributed by atoms with Gasteiger partial charge in [-0.2, -0.15) is 0 Å². The Labute approximate surface area is 128 Å². The van der Waals surface area contributed by atoms with Crippen LogP contribution < -0.4 is 5.32 Å². The summed E-state index contributed by atoms with van der Waals surface area (Å²) in [6.07, 6.45) is 3.48. The van der Waals surface area contributed by atoms with Crippen LogP contribution in [0, 0.1) is 6.92 Å². The largest absolute Gasteiger partial charge is 0.481 e. The van der Waals surface area contributed by atoms with Crippen LogP contribution in [0.2, 0.25) is 0 Å². The molecule has 21 heavy (non-hydrogen) atoms. The van der Waals surface area contributed by atoms with Crippen LogP contribution in [0.3, 0.4) is 0 Å². The van der Waals surface area contributed by atoms with Gasteiger partial charge in [-0.1, -0.05) is 6.92 Å². The fourth-order valence-corrected chi connectivity index (χ4v) is 3.55. The average molecular weight is 311 g/mol. The first kappa shape index (κ1) is 15.8. The molecule has 0 saturated carbocycles. The Morgan fingerprint density at radius 2 is 2.24 bits per heavy atom.